The molecule has 7 nitrogen and oxygen atoms in total. The van der Waals surface area contributed by atoms with Gasteiger partial charge in [0.1, 0.15) is 0 Å². The number of amides is 2. The fourth-order valence-corrected chi connectivity index (χ4v) is 4.56. The van der Waals surface area contributed by atoms with Gasteiger partial charge in [0.15, 0.2) is 6.29 Å². The molecule has 0 aromatic heterocycles. The summed E-state index contributed by atoms with van der Waals surface area (Å²) in [5.41, 5.74) is 3.55. The van der Waals surface area contributed by atoms with Gasteiger partial charge in [-0.15, -0.1) is 0 Å². The number of rotatable bonds is 7. The minimum atomic E-state index is -0.521. The summed E-state index contributed by atoms with van der Waals surface area (Å²) in [4.78, 5) is 14.5. The van der Waals surface area contributed by atoms with E-state index in [0.29, 0.717) is 12.2 Å². The number of nitrogens with zero attached hydrogens (tertiary/aromatic N) is 1. The SMILES string of the molecule is CCNC(=O)Nc1cccc([C@@H]2O[C@H](CN3CCCCC3)C[C@H](c3ccc(CO)cc3)O2)c1. The molecule has 0 bridgehead atoms. The lowest BCUT2D eigenvalue weighted by atomic mass is 9.99. The van der Waals surface area contributed by atoms with Crippen LogP contribution in [0.2, 0.25) is 0 Å². The highest BCUT2D eigenvalue weighted by atomic mass is 16.7. The summed E-state index contributed by atoms with van der Waals surface area (Å²) in [6.07, 6.45) is 3.99. The first-order valence-corrected chi connectivity index (χ1v) is 12.0. The van der Waals surface area contributed by atoms with Crippen molar-refractivity contribution in [3.63, 3.8) is 0 Å². The number of anilines is 1. The van der Waals surface area contributed by atoms with Crippen molar-refractivity contribution in [2.24, 2.45) is 0 Å². The van der Waals surface area contributed by atoms with Crippen LogP contribution in [0.15, 0.2) is 48.5 Å². The Morgan fingerprint density at radius 3 is 2.58 bits per heavy atom. The molecule has 4 rings (SSSR count). The molecule has 7 heteroatoms. The van der Waals surface area contributed by atoms with Crippen molar-refractivity contribution in [1.82, 2.24) is 10.2 Å². The molecular formula is C26H35N3O4. The van der Waals surface area contributed by atoms with Gasteiger partial charge in [0, 0.05) is 30.8 Å². The fourth-order valence-electron chi connectivity index (χ4n) is 4.56. The zero-order chi connectivity index (χ0) is 23.0. The molecule has 2 aliphatic heterocycles. The first kappa shape index (κ1) is 23.7. The number of carbonyl (C=O) groups excluding carboxylic acids is 1. The molecule has 2 aromatic carbocycles. The van der Waals surface area contributed by atoms with Crippen molar-refractivity contribution in [1.29, 1.82) is 0 Å². The van der Waals surface area contributed by atoms with Crippen molar-refractivity contribution in [3.05, 3.63) is 65.2 Å². The lowest BCUT2D eigenvalue weighted by Gasteiger charge is -2.39. The Hall–Kier alpha value is -2.45. The summed E-state index contributed by atoms with van der Waals surface area (Å²) in [5, 5.41) is 15.0. The topological polar surface area (TPSA) is 83.1 Å². The maximum atomic E-state index is 12.0. The van der Waals surface area contributed by atoms with E-state index in [1.165, 1.54) is 19.3 Å². The minimum Gasteiger partial charge on any atom is -0.392 e. The molecule has 178 valence electrons. The van der Waals surface area contributed by atoms with E-state index in [-0.39, 0.29) is 24.8 Å². The number of ether oxygens (including phenoxy) is 2. The number of hydrogen-bond donors (Lipinski definition) is 3. The maximum absolute atomic E-state index is 12.0. The number of benzene rings is 2. The predicted octanol–water partition coefficient (Wildman–Crippen LogP) is 4.35. The third kappa shape index (κ3) is 6.54. The summed E-state index contributed by atoms with van der Waals surface area (Å²) in [6, 6.07) is 15.4. The van der Waals surface area contributed by atoms with Gasteiger partial charge in [-0.1, -0.05) is 42.8 Å². The largest absolute Gasteiger partial charge is 0.392 e. The normalized spacial score (nSPS) is 23.8. The van der Waals surface area contributed by atoms with Crippen molar-refractivity contribution in [2.75, 3.05) is 31.5 Å². The van der Waals surface area contributed by atoms with Gasteiger partial charge in [-0.25, -0.2) is 4.79 Å². The van der Waals surface area contributed by atoms with Gasteiger partial charge < -0.3 is 30.1 Å². The number of aliphatic hydroxyl groups is 1. The van der Waals surface area contributed by atoms with Gasteiger partial charge in [0.25, 0.3) is 0 Å². The Labute approximate surface area is 196 Å². The van der Waals surface area contributed by atoms with Gasteiger partial charge >= 0.3 is 6.03 Å². The van der Waals surface area contributed by atoms with Crippen molar-refractivity contribution in [2.45, 2.75) is 57.7 Å². The average molecular weight is 454 g/mol. The number of nitrogens with one attached hydrogen (secondary N) is 2. The summed E-state index contributed by atoms with van der Waals surface area (Å²) < 4.78 is 12.9. The van der Waals surface area contributed by atoms with Crippen LogP contribution in [0.4, 0.5) is 10.5 Å². The van der Waals surface area contributed by atoms with E-state index < -0.39 is 6.29 Å². The Kier molecular flexibility index (Phi) is 8.34. The van der Waals surface area contributed by atoms with E-state index in [2.05, 4.69) is 15.5 Å². The van der Waals surface area contributed by atoms with E-state index in [1.54, 1.807) is 0 Å². The number of aliphatic hydroxyl groups excluding tert-OH is 1. The second-order valence-corrected chi connectivity index (χ2v) is 8.82. The number of carbonyl (C=O) groups is 1. The molecule has 3 atom stereocenters. The molecule has 33 heavy (non-hydrogen) atoms. The molecule has 2 aromatic rings. The number of hydrogen-bond acceptors (Lipinski definition) is 5. The van der Waals surface area contributed by atoms with E-state index in [4.69, 9.17) is 9.47 Å². The van der Waals surface area contributed by atoms with Gasteiger partial charge in [-0.3, -0.25) is 0 Å². The highest BCUT2D eigenvalue weighted by Crippen LogP contribution is 2.38. The molecule has 2 amide bonds. The summed E-state index contributed by atoms with van der Waals surface area (Å²) in [6.45, 7) is 5.60. The molecule has 0 aliphatic carbocycles. The molecule has 2 heterocycles. The first-order chi connectivity index (χ1) is 16.1. The summed E-state index contributed by atoms with van der Waals surface area (Å²) >= 11 is 0. The summed E-state index contributed by atoms with van der Waals surface area (Å²) in [7, 11) is 0. The number of piperidine rings is 1. The van der Waals surface area contributed by atoms with Crippen LogP contribution in [-0.4, -0.2) is 48.3 Å². The minimum absolute atomic E-state index is 0.0283. The van der Waals surface area contributed by atoms with Crippen molar-refractivity contribution >= 4 is 11.7 Å². The van der Waals surface area contributed by atoms with Crippen LogP contribution in [0, 0.1) is 0 Å². The van der Waals surface area contributed by atoms with Crippen LogP contribution >= 0.6 is 0 Å². The Morgan fingerprint density at radius 2 is 1.85 bits per heavy atom. The van der Waals surface area contributed by atoms with Crippen LogP contribution in [0.25, 0.3) is 0 Å². The molecule has 3 N–H and O–H groups in total. The van der Waals surface area contributed by atoms with E-state index in [9.17, 15) is 9.90 Å². The molecule has 0 saturated carbocycles. The maximum Gasteiger partial charge on any atom is 0.319 e. The molecule has 2 aliphatic rings. The monoisotopic (exact) mass is 453 g/mol. The predicted molar refractivity (Wildman–Crippen MR) is 128 cm³/mol. The average Bonchev–Trinajstić information content (AvgIpc) is 2.85. The van der Waals surface area contributed by atoms with E-state index in [0.717, 1.165) is 42.7 Å². The second-order valence-electron chi connectivity index (χ2n) is 8.82. The zero-order valence-electron chi connectivity index (χ0n) is 19.3. The molecule has 2 saturated heterocycles. The second kappa shape index (κ2) is 11.6. The third-order valence-corrected chi connectivity index (χ3v) is 6.28. The van der Waals surface area contributed by atoms with E-state index >= 15 is 0 Å². The highest BCUT2D eigenvalue weighted by molar-refractivity contribution is 5.89. The third-order valence-electron chi connectivity index (χ3n) is 6.28. The van der Waals surface area contributed by atoms with Crippen LogP contribution in [0.5, 0.6) is 0 Å². The Bertz CT molecular complexity index is 899. The fraction of sp³-hybridized carbons (Fsp3) is 0.500. The number of urea groups is 1. The molecule has 0 unspecified atom stereocenters. The van der Waals surface area contributed by atoms with Gasteiger partial charge in [0.05, 0.1) is 18.8 Å². The van der Waals surface area contributed by atoms with Crippen LogP contribution < -0.4 is 10.6 Å². The van der Waals surface area contributed by atoms with Gasteiger partial charge in [0.2, 0.25) is 0 Å². The standard InChI is InChI=1S/C26H35N3O4/c1-2-27-26(31)28-22-8-6-7-21(15-22)25-32-23(17-29-13-4-3-5-14-29)16-24(33-25)20-11-9-19(18-30)10-12-20/h6-12,15,23-25,30H,2-5,13-14,16-18H2,1H3,(H2,27,28,31)/t23-,24+,25+/m0/s1. The highest BCUT2D eigenvalue weighted by Gasteiger charge is 2.33. The zero-order valence-corrected chi connectivity index (χ0v) is 19.3. The number of likely N-dealkylation sites (tertiary alicyclic amines) is 1. The quantitative estimate of drug-likeness (QED) is 0.581. The lowest BCUT2D eigenvalue weighted by molar-refractivity contribution is -0.253. The van der Waals surface area contributed by atoms with Gasteiger partial charge in [-0.05, 0) is 56.1 Å². The Morgan fingerprint density at radius 1 is 1.06 bits per heavy atom. The molecule has 0 spiro atoms. The molecule has 0 radical (unpaired) electrons. The van der Waals surface area contributed by atoms with Crippen molar-refractivity contribution in [3.8, 4) is 0 Å². The van der Waals surface area contributed by atoms with Crippen molar-refractivity contribution < 1.29 is 19.4 Å². The van der Waals surface area contributed by atoms with Crippen LogP contribution in [0.1, 0.15) is 61.7 Å². The van der Waals surface area contributed by atoms with E-state index in [1.807, 2.05) is 55.5 Å². The molecular weight excluding hydrogens is 418 g/mol. The molecule has 2 fully saturated rings. The van der Waals surface area contributed by atoms with Gasteiger partial charge in [-0.2, -0.15) is 0 Å². The lowest BCUT2D eigenvalue weighted by Crippen LogP contribution is -2.41. The van der Waals surface area contributed by atoms with Crippen LogP contribution in [-0.2, 0) is 16.1 Å². The first-order valence-electron chi connectivity index (χ1n) is 12.0. The Balaban J connectivity index is 1.53. The summed E-state index contributed by atoms with van der Waals surface area (Å²) in [5.74, 6) is 0. The smallest absolute Gasteiger partial charge is 0.319 e. The van der Waals surface area contributed by atoms with Crippen LogP contribution in [0.3, 0.4) is 0 Å².